The number of alkyl halides is 3. The summed E-state index contributed by atoms with van der Waals surface area (Å²) >= 11 is 0. The Morgan fingerprint density at radius 1 is 1.30 bits per heavy atom. The molecule has 0 unspecified atom stereocenters. The monoisotopic (exact) mass is 463 g/mol. The first-order valence-corrected chi connectivity index (χ1v) is 10.8. The molecule has 0 radical (unpaired) electrons. The maximum absolute atomic E-state index is 13.7. The topological polar surface area (TPSA) is 84.2 Å². The van der Waals surface area contributed by atoms with Gasteiger partial charge in [-0.25, -0.2) is 0 Å². The number of carbonyl (C=O) groups is 1. The lowest BCUT2D eigenvalue weighted by Crippen LogP contribution is -2.52. The van der Waals surface area contributed by atoms with Crippen LogP contribution in [0.5, 0.6) is 0 Å². The average molecular weight is 463 g/mol. The van der Waals surface area contributed by atoms with Crippen LogP contribution in [0.4, 0.5) is 18.9 Å². The second-order valence-corrected chi connectivity index (χ2v) is 10.3. The van der Waals surface area contributed by atoms with E-state index >= 15 is 0 Å². The van der Waals surface area contributed by atoms with E-state index in [1.807, 2.05) is 20.8 Å². The Morgan fingerprint density at radius 3 is 2.67 bits per heavy atom. The molecule has 1 aromatic carbocycles. The second kappa shape index (κ2) is 6.70. The quantitative estimate of drug-likeness (QED) is 0.619. The summed E-state index contributed by atoms with van der Waals surface area (Å²) < 4.78 is 53.1. The van der Waals surface area contributed by atoms with E-state index in [9.17, 15) is 18.0 Å². The molecule has 1 amide bonds. The van der Waals surface area contributed by atoms with Gasteiger partial charge in [-0.15, -0.1) is 0 Å². The number of nitrogens with zero attached hydrogens (tertiary/aromatic N) is 3. The third-order valence-corrected chi connectivity index (χ3v) is 7.03. The minimum atomic E-state index is -4.73. The van der Waals surface area contributed by atoms with Crippen molar-refractivity contribution in [2.75, 3.05) is 11.5 Å². The van der Waals surface area contributed by atoms with Gasteiger partial charge in [-0.05, 0) is 45.9 Å². The number of benzene rings is 1. The fourth-order valence-corrected chi connectivity index (χ4v) is 5.74. The van der Waals surface area contributed by atoms with Crippen LogP contribution in [0.1, 0.15) is 51.7 Å². The molecule has 10 heteroatoms. The first kappa shape index (κ1) is 22.2. The molecule has 0 saturated carbocycles. The van der Waals surface area contributed by atoms with Gasteiger partial charge in [-0.2, -0.15) is 18.4 Å². The van der Waals surface area contributed by atoms with Gasteiger partial charge < -0.3 is 14.3 Å². The third kappa shape index (κ3) is 3.09. The molecule has 7 nitrogen and oxygen atoms in total. The van der Waals surface area contributed by atoms with E-state index in [-0.39, 0.29) is 17.5 Å². The fraction of sp³-hybridized carbons (Fsp3) is 0.609. The van der Waals surface area contributed by atoms with Crippen molar-refractivity contribution < 1.29 is 32.3 Å². The van der Waals surface area contributed by atoms with Crippen LogP contribution < -0.4 is 4.90 Å². The zero-order chi connectivity index (χ0) is 24.0. The number of anilines is 1. The highest BCUT2D eigenvalue weighted by Crippen LogP contribution is 2.64. The molecule has 176 valence electrons. The molecule has 4 heterocycles. The SMILES string of the molecule is CC(C)(C)O/N=C1\C[C@@]23CCO[C@H]4[C@@H]2[C@H](C(=O)N4c2ccc(C#N)c(C(F)(F)F)c2)[C@]1(C)O3. The summed E-state index contributed by atoms with van der Waals surface area (Å²) in [6, 6.07) is 4.88. The highest BCUT2D eigenvalue weighted by molar-refractivity contribution is 6.08. The van der Waals surface area contributed by atoms with Gasteiger partial charge in [0.15, 0.2) is 0 Å². The lowest BCUT2D eigenvalue weighted by molar-refractivity contribution is -0.140. The number of hydrogen-bond acceptors (Lipinski definition) is 6. The van der Waals surface area contributed by atoms with Gasteiger partial charge >= 0.3 is 6.18 Å². The molecule has 1 spiro atoms. The number of amides is 1. The van der Waals surface area contributed by atoms with Crippen molar-refractivity contribution >= 4 is 17.3 Å². The number of halogens is 3. The van der Waals surface area contributed by atoms with Gasteiger partial charge in [0, 0.05) is 24.4 Å². The van der Waals surface area contributed by atoms with Crippen LogP contribution in [0.15, 0.2) is 23.4 Å². The number of nitriles is 1. The molecule has 0 N–H and O–H groups in total. The lowest BCUT2D eigenvalue weighted by atomic mass is 9.65. The summed E-state index contributed by atoms with van der Waals surface area (Å²) in [7, 11) is 0. The number of fused-ring (bicyclic) bond motifs is 2. The van der Waals surface area contributed by atoms with Crippen LogP contribution in [0.2, 0.25) is 0 Å². The Hall–Kier alpha value is -2.64. The standard InChI is InChI=1S/C23H24F3N3O4/c1-20(2,3)33-28-15-10-22-7-8-31-19-17(22)16(21(15,4)32-22)18(30)29(19)13-6-5-12(11-27)14(9-13)23(24,25)26/h5-6,9,16-17,19H,7-8,10H2,1-4H3/b28-15+/t16-,17+,19+,21-,22+/m1/s1. The molecule has 4 aliphatic heterocycles. The smallest absolute Gasteiger partial charge is 0.390 e. The van der Waals surface area contributed by atoms with Crippen LogP contribution >= 0.6 is 0 Å². The highest BCUT2D eigenvalue weighted by atomic mass is 19.4. The van der Waals surface area contributed by atoms with Crippen molar-refractivity contribution in [1.82, 2.24) is 0 Å². The predicted octanol–water partition coefficient (Wildman–Crippen LogP) is 4.00. The maximum atomic E-state index is 13.7. The summed E-state index contributed by atoms with van der Waals surface area (Å²) in [5.74, 6) is -1.39. The number of oxime groups is 1. The van der Waals surface area contributed by atoms with Crippen LogP contribution in [0.25, 0.3) is 0 Å². The summed E-state index contributed by atoms with van der Waals surface area (Å²) in [4.78, 5) is 20.6. The van der Waals surface area contributed by atoms with E-state index in [0.29, 0.717) is 25.2 Å². The van der Waals surface area contributed by atoms with Crippen molar-refractivity contribution in [1.29, 1.82) is 5.26 Å². The van der Waals surface area contributed by atoms with Gasteiger partial charge in [0.05, 0.1) is 41.0 Å². The molecule has 5 rings (SSSR count). The van der Waals surface area contributed by atoms with Crippen molar-refractivity contribution in [2.24, 2.45) is 17.0 Å². The Kier molecular flexibility index (Phi) is 4.50. The highest BCUT2D eigenvalue weighted by Gasteiger charge is 2.77. The van der Waals surface area contributed by atoms with Crippen molar-refractivity contribution in [3.63, 3.8) is 0 Å². The molecule has 0 aliphatic carbocycles. The Morgan fingerprint density at radius 2 is 2.03 bits per heavy atom. The number of hydrogen-bond donors (Lipinski definition) is 0. The van der Waals surface area contributed by atoms with Crippen LogP contribution in [-0.4, -0.2) is 41.3 Å². The molecule has 2 bridgehead atoms. The van der Waals surface area contributed by atoms with E-state index < -0.39 is 46.3 Å². The van der Waals surface area contributed by atoms with Crippen molar-refractivity contribution in [3.05, 3.63) is 29.3 Å². The first-order chi connectivity index (χ1) is 15.3. The van der Waals surface area contributed by atoms with Gasteiger partial charge in [0.1, 0.15) is 17.4 Å². The summed E-state index contributed by atoms with van der Waals surface area (Å²) in [6.45, 7) is 7.69. The third-order valence-electron chi connectivity index (χ3n) is 7.03. The van der Waals surface area contributed by atoms with E-state index in [4.69, 9.17) is 19.6 Å². The number of rotatable bonds is 2. The first-order valence-electron chi connectivity index (χ1n) is 10.8. The van der Waals surface area contributed by atoms with Crippen LogP contribution in [-0.2, 0) is 25.3 Å². The molecule has 5 atom stereocenters. The molecular formula is C23H24F3N3O4. The normalized spacial score (nSPS) is 36.3. The van der Waals surface area contributed by atoms with E-state index in [1.54, 1.807) is 13.0 Å². The summed E-state index contributed by atoms with van der Waals surface area (Å²) in [5, 5.41) is 13.5. The Bertz CT molecular complexity index is 1110. The van der Waals surface area contributed by atoms with Gasteiger partial charge in [-0.1, -0.05) is 5.16 Å². The van der Waals surface area contributed by atoms with Crippen LogP contribution in [0.3, 0.4) is 0 Å². The van der Waals surface area contributed by atoms with E-state index in [2.05, 4.69) is 5.16 Å². The van der Waals surface area contributed by atoms with Gasteiger partial charge in [-0.3, -0.25) is 9.69 Å². The predicted molar refractivity (Wildman–Crippen MR) is 110 cm³/mol. The average Bonchev–Trinajstić information content (AvgIpc) is 3.28. The number of carbonyl (C=O) groups excluding carboxylic acids is 1. The minimum absolute atomic E-state index is 0.0511. The largest absolute Gasteiger partial charge is 0.417 e. The van der Waals surface area contributed by atoms with Crippen molar-refractivity contribution in [2.45, 2.75) is 69.7 Å². The van der Waals surface area contributed by atoms with Gasteiger partial charge in [0.2, 0.25) is 5.91 Å². The lowest BCUT2D eigenvalue weighted by Gasteiger charge is -2.41. The second-order valence-electron chi connectivity index (χ2n) is 10.3. The minimum Gasteiger partial charge on any atom is -0.390 e. The summed E-state index contributed by atoms with van der Waals surface area (Å²) in [6.07, 6.45) is -4.45. The zero-order valence-corrected chi connectivity index (χ0v) is 18.7. The fourth-order valence-electron chi connectivity index (χ4n) is 5.74. The molecule has 33 heavy (non-hydrogen) atoms. The molecule has 4 saturated heterocycles. The van der Waals surface area contributed by atoms with Crippen molar-refractivity contribution in [3.8, 4) is 6.07 Å². The van der Waals surface area contributed by atoms with E-state index in [1.165, 1.54) is 11.0 Å². The van der Waals surface area contributed by atoms with Gasteiger partial charge in [0.25, 0.3) is 0 Å². The Balaban J connectivity index is 1.58. The maximum Gasteiger partial charge on any atom is 0.417 e. The Labute approximate surface area is 189 Å². The molecule has 4 aliphatic rings. The van der Waals surface area contributed by atoms with Crippen LogP contribution in [0, 0.1) is 23.2 Å². The zero-order valence-electron chi connectivity index (χ0n) is 18.7. The molecule has 1 aromatic rings. The number of ether oxygens (including phenoxy) is 2. The molecule has 0 aromatic heterocycles. The molecular weight excluding hydrogens is 439 g/mol. The van der Waals surface area contributed by atoms with E-state index in [0.717, 1.165) is 12.1 Å². The summed E-state index contributed by atoms with van der Waals surface area (Å²) in [5.41, 5.74) is -3.14. The molecule has 4 fully saturated rings.